The van der Waals surface area contributed by atoms with Gasteiger partial charge >= 0.3 is 0 Å². The van der Waals surface area contributed by atoms with Crippen molar-refractivity contribution in [3.05, 3.63) is 105 Å². The quantitative estimate of drug-likeness (QED) is 0.314. The predicted octanol–water partition coefficient (Wildman–Crippen LogP) is 6.69. The molecule has 1 aliphatic heterocycles. The van der Waals surface area contributed by atoms with Gasteiger partial charge in [0.25, 0.3) is 0 Å². The van der Waals surface area contributed by atoms with Crippen molar-refractivity contribution >= 4 is 46.6 Å². The lowest BCUT2D eigenvalue weighted by molar-refractivity contribution is -0.133. The van der Waals surface area contributed by atoms with E-state index >= 15 is 0 Å². The number of likely N-dealkylation sites (N-methyl/N-ethyl adjacent to an activating group) is 1. The fourth-order valence-electron chi connectivity index (χ4n) is 6.39. The highest BCUT2D eigenvalue weighted by Crippen LogP contribution is 2.57. The standard InChI is InChI=1S/C32H34Cl3N3O2/c1-22(39)36-31(24-8-4-3-5-9-24)13-15-38(16-14-31)21-26-19-32(26,25-11-12-28(34)29(35)18-25)30(40)37(2)20-23-7-6-10-27(33)17-23/h3-12,17-18,26H,13-16,19-21H2,1-2H3,(H,36,39). The van der Waals surface area contributed by atoms with Crippen LogP contribution in [0.2, 0.25) is 15.1 Å². The van der Waals surface area contributed by atoms with Crippen LogP contribution in [0, 0.1) is 5.92 Å². The first-order valence-electron chi connectivity index (χ1n) is 13.7. The molecule has 2 fully saturated rings. The molecule has 1 N–H and O–H groups in total. The van der Waals surface area contributed by atoms with E-state index in [2.05, 4.69) is 22.3 Å². The predicted molar refractivity (Wildman–Crippen MR) is 162 cm³/mol. The number of benzene rings is 3. The van der Waals surface area contributed by atoms with E-state index in [0.29, 0.717) is 21.6 Å². The topological polar surface area (TPSA) is 52.7 Å². The first-order chi connectivity index (χ1) is 19.1. The molecular formula is C32H34Cl3N3O2. The summed E-state index contributed by atoms with van der Waals surface area (Å²) >= 11 is 18.9. The van der Waals surface area contributed by atoms with E-state index in [1.807, 2.05) is 61.6 Å². The number of piperidine rings is 1. The van der Waals surface area contributed by atoms with Gasteiger partial charge in [-0.1, -0.05) is 83.3 Å². The molecule has 2 unspecified atom stereocenters. The molecule has 0 spiro atoms. The summed E-state index contributed by atoms with van der Waals surface area (Å²) in [5.74, 6) is 0.195. The molecule has 0 radical (unpaired) electrons. The van der Waals surface area contributed by atoms with E-state index in [1.54, 1.807) is 17.9 Å². The molecule has 1 saturated heterocycles. The van der Waals surface area contributed by atoms with Crippen molar-refractivity contribution in [3.63, 3.8) is 0 Å². The molecule has 0 aromatic heterocycles. The lowest BCUT2D eigenvalue weighted by Gasteiger charge is -2.43. The Hall–Kier alpha value is -2.57. The molecule has 3 aromatic rings. The van der Waals surface area contributed by atoms with E-state index in [-0.39, 0.29) is 23.3 Å². The molecule has 2 amide bonds. The Morgan fingerprint density at radius 2 is 1.65 bits per heavy atom. The number of hydrogen-bond acceptors (Lipinski definition) is 3. The van der Waals surface area contributed by atoms with Gasteiger partial charge in [-0.25, -0.2) is 0 Å². The van der Waals surface area contributed by atoms with Crippen LogP contribution >= 0.6 is 34.8 Å². The van der Waals surface area contributed by atoms with Gasteiger partial charge in [-0.3, -0.25) is 9.59 Å². The number of nitrogens with one attached hydrogen (secondary N) is 1. The summed E-state index contributed by atoms with van der Waals surface area (Å²) in [6, 6.07) is 23.4. The molecule has 210 valence electrons. The van der Waals surface area contributed by atoms with Crippen molar-refractivity contribution in [2.45, 2.75) is 43.7 Å². The highest BCUT2D eigenvalue weighted by Gasteiger charge is 2.62. The summed E-state index contributed by atoms with van der Waals surface area (Å²) in [4.78, 5) is 30.5. The van der Waals surface area contributed by atoms with Gasteiger partial charge < -0.3 is 15.1 Å². The second-order valence-corrected chi connectivity index (χ2v) is 12.5. The van der Waals surface area contributed by atoms with Crippen LogP contribution in [0.3, 0.4) is 0 Å². The average molecular weight is 599 g/mol. The van der Waals surface area contributed by atoms with Crippen LogP contribution in [0.5, 0.6) is 0 Å². The summed E-state index contributed by atoms with van der Waals surface area (Å²) in [6.45, 7) is 4.50. The molecule has 0 bridgehead atoms. The molecule has 8 heteroatoms. The van der Waals surface area contributed by atoms with Gasteiger partial charge in [-0.05, 0) is 66.1 Å². The van der Waals surface area contributed by atoms with Gasteiger partial charge in [0.15, 0.2) is 0 Å². The zero-order chi connectivity index (χ0) is 28.5. The van der Waals surface area contributed by atoms with Crippen LogP contribution in [0.4, 0.5) is 0 Å². The van der Waals surface area contributed by atoms with Crippen LogP contribution in [0.15, 0.2) is 72.8 Å². The Balaban J connectivity index is 1.34. The van der Waals surface area contributed by atoms with E-state index in [1.165, 1.54) is 0 Å². The third-order valence-corrected chi connectivity index (χ3v) is 9.48. The molecule has 1 heterocycles. The van der Waals surface area contributed by atoms with Crippen molar-refractivity contribution in [2.75, 3.05) is 26.7 Å². The highest BCUT2D eigenvalue weighted by molar-refractivity contribution is 6.42. The normalized spacial score (nSPS) is 22.0. The van der Waals surface area contributed by atoms with Crippen LogP contribution in [-0.2, 0) is 27.1 Å². The second kappa shape index (κ2) is 11.7. The van der Waals surface area contributed by atoms with E-state index < -0.39 is 5.41 Å². The number of nitrogens with zero attached hydrogens (tertiary/aromatic N) is 2. The molecular weight excluding hydrogens is 565 g/mol. The maximum Gasteiger partial charge on any atom is 0.233 e. The average Bonchev–Trinajstić information content (AvgIpc) is 3.65. The maximum absolute atomic E-state index is 14.1. The maximum atomic E-state index is 14.1. The van der Waals surface area contributed by atoms with Crippen molar-refractivity contribution in [3.8, 4) is 0 Å². The van der Waals surface area contributed by atoms with E-state index in [0.717, 1.165) is 55.6 Å². The molecule has 3 aromatic carbocycles. The number of rotatable bonds is 8. The first kappa shape index (κ1) is 28.9. The van der Waals surface area contributed by atoms with Crippen molar-refractivity contribution < 1.29 is 9.59 Å². The van der Waals surface area contributed by atoms with Gasteiger partial charge in [0.1, 0.15) is 0 Å². The molecule has 2 aliphatic rings. The lowest BCUT2D eigenvalue weighted by atomic mass is 9.80. The Bertz CT molecular complexity index is 1390. The molecule has 2 atom stereocenters. The van der Waals surface area contributed by atoms with Gasteiger partial charge in [-0.2, -0.15) is 0 Å². The van der Waals surface area contributed by atoms with Crippen LogP contribution < -0.4 is 5.32 Å². The number of amides is 2. The van der Waals surface area contributed by atoms with Gasteiger partial charge in [-0.15, -0.1) is 0 Å². The molecule has 5 nitrogen and oxygen atoms in total. The SMILES string of the molecule is CC(=O)NC1(c2ccccc2)CCN(CC2CC2(C(=O)N(C)Cc2cccc(Cl)c2)c2ccc(Cl)c(Cl)c2)CC1. The van der Waals surface area contributed by atoms with Crippen LogP contribution in [0.25, 0.3) is 0 Å². The Kier molecular flexibility index (Phi) is 8.49. The second-order valence-electron chi connectivity index (χ2n) is 11.2. The van der Waals surface area contributed by atoms with Crippen molar-refractivity contribution in [1.29, 1.82) is 0 Å². The lowest BCUT2D eigenvalue weighted by Crippen LogP contribution is -2.53. The number of hydrogen-bond donors (Lipinski definition) is 1. The fourth-order valence-corrected chi connectivity index (χ4v) is 6.90. The van der Waals surface area contributed by atoms with E-state index in [9.17, 15) is 9.59 Å². The minimum Gasteiger partial charge on any atom is -0.347 e. The van der Waals surface area contributed by atoms with Crippen molar-refractivity contribution in [1.82, 2.24) is 15.1 Å². The van der Waals surface area contributed by atoms with Gasteiger partial charge in [0.05, 0.1) is 21.0 Å². The molecule has 1 aliphatic carbocycles. The van der Waals surface area contributed by atoms with Crippen LogP contribution in [-0.4, -0.2) is 48.3 Å². The number of carbonyl (C=O) groups is 2. The zero-order valence-corrected chi connectivity index (χ0v) is 25.1. The molecule has 5 rings (SSSR count). The zero-order valence-electron chi connectivity index (χ0n) is 22.8. The summed E-state index contributed by atoms with van der Waals surface area (Å²) < 4.78 is 0. The van der Waals surface area contributed by atoms with Gasteiger partial charge in [0, 0.05) is 45.2 Å². The molecule has 40 heavy (non-hydrogen) atoms. The van der Waals surface area contributed by atoms with E-state index in [4.69, 9.17) is 34.8 Å². The number of halogens is 3. The Labute approximate surface area is 251 Å². The Morgan fingerprint density at radius 3 is 2.30 bits per heavy atom. The summed E-state index contributed by atoms with van der Waals surface area (Å²) in [5, 5.41) is 4.83. The number of likely N-dealkylation sites (tertiary alicyclic amines) is 1. The summed E-state index contributed by atoms with van der Waals surface area (Å²) in [6.07, 6.45) is 2.37. The smallest absolute Gasteiger partial charge is 0.233 e. The summed E-state index contributed by atoms with van der Waals surface area (Å²) in [7, 11) is 1.85. The minimum absolute atomic E-state index is 0.0218. The summed E-state index contributed by atoms with van der Waals surface area (Å²) in [5.41, 5.74) is 1.99. The van der Waals surface area contributed by atoms with Crippen LogP contribution in [0.1, 0.15) is 42.9 Å². The van der Waals surface area contributed by atoms with Crippen molar-refractivity contribution in [2.24, 2.45) is 5.92 Å². The minimum atomic E-state index is -0.660. The van der Waals surface area contributed by atoms with Gasteiger partial charge in [0.2, 0.25) is 11.8 Å². The largest absolute Gasteiger partial charge is 0.347 e. The first-order valence-corrected chi connectivity index (χ1v) is 14.8. The third kappa shape index (κ3) is 5.89. The Morgan fingerprint density at radius 1 is 0.925 bits per heavy atom. The molecule has 1 saturated carbocycles. The fraction of sp³-hybridized carbons (Fsp3) is 0.375. The highest BCUT2D eigenvalue weighted by atomic mass is 35.5. The number of carbonyl (C=O) groups excluding carboxylic acids is 2. The monoisotopic (exact) mass is 597 g/mol. The third-order valence-electron chi connectivity index (χ3n) is 8.51.